The maximum absolute atomic E-state index is 5.28. The first kappa shape index (κ1) is 10.0. The summed E-state index contributed by atoms with van der Waals surface area (Å²) in [6.45, 7) is 10.3. The molecule has 1 unspecified atom stereocenters. The normalized spacial score (nSPS) is 22.5. The highest BCUT2D eigenvalue weighted by atomic mass is 16.5. The molecule has 2 heteroatoms. The molecule has 0 N–H and O–H groups in total. The van der Waals surface area contributed by atoms with E-state index in [-0.39, 0.29) is 0 Å². The van der Waals surface area contributed by atoms with Crippen molar-refractivity contribution in [3.8, 4) is 0 Å². The van der Waals surface area contributed by atoms with Crippen LogP contribution in [0.1, 0.15) is 26.2 Å². The van der Waals surface area contributed by atoms with Gasteiger partial charge < -0.3 is 4.74 Å². The second-order valence-corrected chi connectivity index (χ2v) is 3.44. The van der Waals surface area contributed by atoms with Crippen LogP contribution in [0.5, 0.6) is 0 Å². The Morgan fingerprint density at radius 2 is 2.08 bits per heavy atom. The molecule has 1 aliphatic rings. The van der Waals surface area contributed by atoms with Gasteiger partial charge in [-0.2, -0.15) is 0 Å². The Labute approximate surface area is 75.9 Å². The van der Waals surface area contributed by atoms with Crippen molar-refractivity contribution in [1.29, 1.82) is 0 Å². The van der Waals surface area contributed by atoms with Gasteiger partial charge in [-0.05, 0) is 13.3 Å². The number of hydrogen-bond acceptors (Lipinski definition) is 2. The third-order valence-electron chi connectivity index (χ3n) is 2.45. The van der Waals surface area contributed by atoms with Crippen LogP contribution in [-0.4, -0.2) is 37.2 Å². The summed E-state index contributed by atoms with van der Waals surface area (Å²) in [7, 11) is 0. The van der Waals surface area contributed by atoms with Gasteiger partial charge >= 0.3 is 0 Å². The van der Waals surface area contributed by atoms with Crippen molar-refractivity contribution in [1.82, 2.24) is 4.90 Å². The predicted molar refractivity (Wildman–Crippen MR) is 51.1 cm³/mol. The Kier molecular flexibility index (Phi) is 4.62. The van der Waals surface area contributed by atoms with E-state index in [0.717, 1.165) is 26.3 Å². The molecule has 1 atom stereocenters. The summed E-state index contributed by atoms with van der Waals surface area (Å²) in [6.07, 6.45) is 3.80. The van der Waals surface area contributed by atoms with E-state index >= 15 is 0 Å². The van der Waals surface area contributed by atoms with E-state index in [1.54, 1.807) is 0 Å². The lowest BCUT2D eigenvalue weighted by molar-refractivity contribution is 0.0233. The number of unbranched alkanes of at least 4 members (excludes halogenated alkanes) is 1. The van der Waals surface area contributed by atoms with Gasteiger partial charge in [0.1, 0.15) is 0 Å². The van der Waals surface area contributed by atoms with Crippen LogP contribution >= 0.6 is 0 Å². The fourth-order valence-electron chi connectivity index (χ4n) is 1.56. The third-order valence-corrected chi connectivity index (χ3v) is 2.45. The highest BCUT2D eigenvalue weighted by molar-refractivity contribution is 4.75. The Morgan fingerprint density at radius 3 is 2.67 bits per heavy atom. The summed E-state index contributed by atoms with van der Waals surface area (Å²) in [6, 6.07) is 0.508. The average Bonchev–Trinajstić information content (AvgIpc) is 2.15. The molecule has 0 aliphatic carbocycles. The van der Waals surface area contributed by atoms with Gasteiger partial charge in [0.05, 0.1) is 13.2 Å². The molecule has 1 saturated heterocycles. The van der Waals surface area contributed by atoms with Gasteiger partial charge in [0.2, 0.25) is 0 Å². The van der Waals surface area contributed by atoms with Crippen molar-refractivity contribution in [2.75, 3.05) is 26.3 Å². The van der Waals surface area contributed by atoms with Crippen molar-refractivity contribution in [3.63, 3.8) is 0 Å². The molecule has 2 nitrogen and oxygen atoms in total. The second-order valence-electron chi connectivity index (χ2n) is 3.44. The summed E-state index contributed by atoms with van der Waals surface area (Å²) >= 11 is 0. The van der Waals surface area contributed by atoms with Crippen molar-refractivity contribution in [2.45, 2.75) is 32.2 Å². The monoisotopic (exact) mass is 170 g/mol. The Hall–Kier alpha value is -0.0800. The zero-order chi connectivity index (χ0) is 8.81. The molecule has 0 aromatic rings. The van der Waals surface area contributed by atoms with E-state index in [1.165, 1.54) is 19.3 Å². The first-order chi connectivity index (χ1) is 5.84. The smallest absolute Gasteiger partial charge is 0.0594 e. The minimum atomic E-state index is 0.508. The van der Waals surface area contributed by atoms with Crippen molar-refractivity contribution in [3.05, 3.63) is 6.92 Å². The van der Waals surface area contributed by atoms with E-state index < -0.39 is 0 Å². The SMILES string of the molecule is [CH2]C(CCCC)N1CCOCC1. The molecule has 0 spiro atoms. The molecule has 1 heterocycles. The average molecular weight is 170 g/mol. The molecule has 1 fully saturated rings. The lowest BCUT2D eigenvalue weighted by Gasteiger charge is -2.32. The van der Waals surface area contributed by atoms with Crippen LogP contribution in [0.15, 0.2) is 0 Å². The quantitative estimate of drug-likeness (QED) is 0.637. The lowest BCUT2D eigenvalue weighted by Crippen LogP contribution is -2.42. The highest BCUT2D eigenvalue weighted by Crippen LogP contribution is 2.09. The van der Waals surface area contributed by atoms with Gasteiger partial charge in [-0.15, -0.1) is 0 Å². The number of morpholine rings is 1. The van der Waals surface area contributed by atoms with Gasteiger partial charge in [0.15, 0.2) is 0 Å². The number of ether oxygens (including phenoxy) is 1. The third kappa shape index (κ3) is 3.11. The second kappa shape index (κ2) is 5.55. The minimum Gasteiger partial charge on any atom is -0.379 e. The van der Waals surface area contributed by atoms with Crippen molar-refractivity contribution in [2.24, 2.45) is 0 Å². The van der Waals surface area contributed by atoms with Gasteiger partial charge in [0, 0.05) is 19.1 Å². The summed E-state index contributed by atoms with van der Waals surface area (Å²) in [5, 5.41) is 0. The van der Waals surface area contributed by atoms with E-state index in [4.69, 9.17) is 4.74 Å². The van der Waals surface area contributed by atoms with Crippen LogP contribution in [0.25, 0.3) is 0 Å². The Balaban J connectivity index is 2.15. The Morgan fingerprint density at radius 1 is 1.42 bits per heavy atom. The lowest BCUT2D eigenvalue weighted by atomic mass is 10.1. The van der Waals surface area contributed by atoms with Gasteiger partial charge in [-0.25, -0.2) is 0 Å². The van der Waals surface area contributed by atoms with E-state index in [2.05, 4.69) is 18.7 Å². The number of hydrogen-bond donors (Lipinski definition) is 0. The van der Waals surface area contributed by atoms with E-state index in [0.29, 0.717) is 6.04 Å². The standard InChI is InChI=1S/C10H20NO/c1-3-4-5-10(2)11-6-8-12-9-7-11/h10H,2-9H2,1H3. The Bertz CT molecular complexity index is 110. The molecule has 0 aromatic heterocycles. The maximum Gasteiger partial charge on any atom is 0.0594 e. The zero-order valence-electron chi connectivity index (χ0n) is 8.09. The van der Waals surface area contributed by atoms with E-state index in [1.807, 2.05) is 0 Å². The van der Waals surface area contributed by atoms with Crippen LogP contribution in [0.2, 0.25) is 0 Å². The molecule has 1 aliphatic heterocycles. The fraction of sp³-hybridized carbons (Fsp3) is 0.900. The van der Waals surface area contributed by atoms with Gasteiger partial charge in [0.25, 0.3) is 0 Å². The number of nitrogens with zero attached hydrogens (tertiary/aromatic N) is 1. The molecule has 0 aromatic carbocycles. The van der Waals surface area contributed by atoms with Crippen molar-refractivity contribution >= 4 is 0 Å². The van der Waals surface area contributed by atoms with Gasteiger partial charge in [-0.3, -0.25) is 4.90 Å². The van der Waals surface area contributed by atoms with Crippen LogP contribution in [0.4, 0.5) is 0 Å². The van der Waals surface area contributed by atoms with Crippen LogP contribution in [0.3, 0.4) is 0 Å². The molecule has 1 radical (unpaired) electrons. The largest absolute Gasteiger partial charge is 0.379 e. The zero-order valence-corrected chi connectivity index (χ0v) is 8.09. The molecule has 0 bridgehead atoms. The summed E-state index contributed by atoms with van der Waals surface area (Å²) in [5.74, 6) is 0. The molecular formula is C10H20NO. The first-order valence-corrected chi connectivity index (χ1v) is 4.99. The number of rotatable bonds is 4. The van der Waals surface area contributed by atoms with Gasteiger partial charge in [-0.1, -0.05) is 19.8 Å². The predicted octanol–water partition coefficient (Wildman–Crippen LogP) is 1.71. The van der Waals surface area contributed by atoms with Crippen LogP contribution < -0.4 is 0 Å². The maximum atomic E-state index is 5.28. The highest BCUT2D eigenvalue weighted by Gasteiger charge is 2.15. The minimum absolute atomic E-state index is 0.508. The van der Waals surface area contributed by atoms with E-state index in [9.17, 15) is 0 Å². The molecule has 12 heavy (non-hydrogen) atoms. The molecule has 0 saturated carbocycles. The molecular weight excluding hydrogens is 150 g/mol. The first-order valence-electron chi connectivity index (χ1n) is 4.99. The van der Waals surface area contributed by atoms with Crippen LogP contribution in [-0.2, 0) is 4.74 Å². The molecule has 1 rings (SSSR count). The summed E-state index contributed by atoms with van der Waals surface area (Å²) in [4.78, 5) is 2.43. The van der Waals surface area contributed by atoms with Crippen molar-refractivity contribution < 1.29 is 4.74 Å². The molecule has 0 amide bonds. The summed E-state index contributed by atoms with van der Waals surface area (Å²) < 4.78 is 5.28. The van der Waals surface area contributed by atoms with Crippen LogP contribution in [0, 0.1) is 6.92 Å². The fourth-order valence-corrected chi connectivity index (χ4v) is 1.56. The molecule has 71 valence electrons. The summed E-state index contributed by atoms with van der Waals surface area (Å²) in [5.41, 5.74) is 0. The topological polar surface area (TPSA) is 12.5 Å².